The van der Waals surface area contributed by atoms with Crippen molar-refractivity contribution in [2.75, 3.05) is 5.73 Å². The minimum atomic E-state index is 0.469. The minimum absolute atomic E-state index is 0.469. The molecule has 0 radical (unpaired) electrons. The van der Waals surface area contributed by atoms with Gasteiger partial charge in [0.2, 0.25) is 0 Å². The number of thiazole rings is 1. The topological polar surface area (TPSA) is 38.9 Å². The predicted molar refractivity (Wildman–Crippen MR) is 67.1 cm³/mol. The number of aromatic nitrogens is 1. The SMILES string of the molecule is CC(C)c1nc(N)sc1C1=CCCCC1. The van der Waals surface area contributed by atoms with Gasteiger partial charge in [0, 0.05) is 0 Å². The Morgan fingerprint density at radius 2 is 2.20 bits per heavy atom. The Bertz CT molecular complexity index is 377. The Morgan fingerprint density at radius 3 is 2.80 bits per heavy atom. The van der Waals surface area contributed by atoms with Crippen LogP contribution in [-0.2, 0) is 0 Å². The Morgan fingerprint density at radius 1 is 1.40 bits per heavy atom. The molecule has 0 bridgehead atoms. The standard InChI is InChI=1S/C12H18N2S/c1-8(2)10-11(15-12(13)14-10)9-6-4-3-5-7-9/h6,8H,3-5,7H2,1-2H3,(H2,13,14). The molecule has 0 saturated heterocycles. The molecule has 1 heterocycles. The van der Waals surface area contributed by atoms with Gasteiger partial charge < -0.3 is 5.73 Å². The first-order valence-electron chi connectivity index (χ1n) is 5.64. The van der Waals surface area contributed by atoms with Gasteiger partial charge in [-0.25, -0.2) is 4.98 Å². The summed E-state index contributed by atoms with van der Waals surface area (Å²) in [5, 5.41) is 0.708. The number of hydrogen-bond donors (Lipinski definition) is 1. The Balaban J connectivity index is 2.37. The van der Waals surface area contributed by atoms with Crippen LogP contribution < -0.4 is 5.73 Å². The first kappa shape index (κ1) is 10.7. The molecule has 1 aliphatic rings. The average Bonchev–Trinajstić information content (AvgIpc) is 2.62. The number of nitrogens with zero attached hydrogens (tertiary/aromatic N) is 1. The van der Waals surface area contributed by atoms with E-state index < -0.39 is 0 Å². The fourth-order valence-electron chi connectivity index (χ4n) is 2.01. The summed E-state index contributed by atoms with van der Waals surface area (Å²) in [5.74, 6) is 0.469. The molecule has 82 valence electrons. The van der Waals surface area contributed by atoms with Gasteiger partial charge in [0.25, 0.3) is 0 Å². The molecule has 0 atom stereocenters. The highest BCUT2D eigenvalue weighted by Crippen LogP contribution is 2.36. The van der Waals surface area contributed by atoms with Crippen LogP contribution in [0.3, 0.4) is 0 Å². The molecular formula is C12H18N2S. The normalized spacial score (nSPS) is 16.9. The minimum Gasteiger partial charge on any atom is -0.375 e. The van der Waals surface area contributed by atoms with Crippen molar-refractivity contribution in [2.45, 2.75) is 45.4 Å². The number of rotatable bonds is 2. The summed E-state index contributed by atoms with van der Waals surface area (Å²) in [5.41, 5.74) is 8.46. The van der Waals surface area contributed by atoms with Gasteiger partial charge in [-0.1, -0.05) is 31.3 Å². The zero-order chi connectivity index (χ0) is 10.8. The number of nitrogen functional groups attached to an aromatic ring is 1. The number of allylic oxidation sites excluding steroid dienone is 2. The molecule has 0 amide bonds. The average molecular weight is 222 g/mol. The van der Waals surface area contributed by atoms with E-state index in [0.29, 0.717) is 11.0 Å². The van der Waals surface area contributed by atoms with Crippen LogP contribution in [0.5, 0.6) is 0 Å². The van der Waals surface area contributed by atoms with E-state index >= 15 is 0 Å². The van der Waals surface area contributed by atoms with Crippen molar-refractivity contribution in [3.63, 3.8) is 0 Å². The molecule has 0 fully saturated rings. The van der Waals surface area contributed by atoms with E-state index in [-0.39, 0.29) is 0 Å². The summed E-state index contributed by atoms with van der Waals surface area (Å²) >= 11 is 1.65. The fraction of sp³-hybridized carbons (Fsp3) is 0.583. The van der Waals surface area contributed by atoms with E-state index in [1.54, 1.807) is 11.3 Å². The third-order valence-corrected chi connectivity index (χ3v) is 3.78. The predicted octanol–water partition coefficient (Wildman–Crippen LogP) is 3.81. The first-order valence-corrected chi connectivity index (χ1v) is 6.45. The maximum atomic E-state index is 5.80. The van der Waals surface area contributed by atoms with Gasteiger partial charge in [-0.3, -0.25) is 0 Å². The lowest BCUT2D eigenvalue weighted by Gasteiger charge is -2.13. The van der Waals surface area contributed by atoms with Crippen LogP contribution in [0.25, 0.3) is 5.57 Å². The second kappa shape index (κ2) is 4.35. The lowest BCUT2D eigenvalue weighted by Crippen LogP contribution is -1.96. The Kier molecular flexibility index (Phi) is 3.10. The zero-order valence-electron chi connectivity index (χ0n) is 9.42. The van der Waals surface area contributed by atoms with Crippen LogP contribution in [0, 0.1) is 0 Å². The van der Waals surface area contributed by atoms with Crippen molar-refractivity contribution < 1.29 is 0 Å². The lowest BCUT2D eigenvalue weighted by molar-refractivity contribution is 0.739. The molecule has 0 saturated carbocycles. The summed E-state index contributed by atoms with van der Waals surface area (Å²) in [6, 6.07) is 0. The Labute approximate surface area is 95.2 Å². The molecule has 2 N–H and O–H groups in total. The van der Waals surface area contributed by atoms with E-state index in [9.17, 15) is 0 Å². The van der Waals surface area contributed by atoms with E-state index in [0.717, 1.165) is 0 Å². The third-order valence-electron chi connectivity index (χ3n) is 2.80. The Hall–Kier alpha value is -0.830. The largest absolute Gasteiger partial charge is 0.375 e. The van der Waals surface area contributed by atoms with Gasteiger partial charge in [0.15, 0.2) is 5.13 Å². The first-order chi connectivity index (χ1) is 7.18. The fourth-order valence-corrected chi connectivity index (χ4v) is 3.07. The zero-order valence-corrected chi connectivity index (χ0v) is 10.2. The molecule has 1 aromatic rings. The van der Waals surface area contributed by atoms with Gasteiger partial charge in [0.1, 0.15) is 0 Å². The van der Waals surface area contributed by atoms with Gasteiger partial charge in [0.05, 0.1) is 10.6 Å². The van der Waals surface area contributed by atoms with Crippen molar-refractivity contribution in [1.29, 1.82) is 0 Å². The van der Waals surface area contributed by atoms with Crippen LogP contribution in [0.15, 0.2) is 6.08 Å². The van der Waals surface area contributed by atoms with Gasteiger partial charge in [-0.15, -0.1) is 0 Å². The molecular weight excluding hydrogens is 204 g/mol. The molecule has 1 aromatic heterocycles. The van der Waals surface area contributed by atoms with E-state index in [1.807, 2.05) is 0 Å². The third kappa shape index (κ3) is 2.23. The van der Waals surface area contributed by atoms with Crippen LogP contribution in [-0.4, -0.2) is 4.98 Å². The molecule has 2 rings (SSSR count). The molecule has 15 heavy (non-hydrogen) atoms. The van der Waals surface area contributed by atoms with E-state index in [2.05, 4.69) is 24.9 Å². The summed E-state index contributed by atoms with van der Waals surface area (Å²) in [6.45, 7) is 4.36. The quantitative estimate of drug-likeness (QED) is 0.826. The van der Waals surface area contributed by atoms with Gasteiger partial charge >= 0.3 is 0 Å². The number of hydrogen-bond acceptors (Lipinski definition) is 3. The smallest absolute Gasteiger partial charge is 0.180 e. The summed E-state index contributed by atoms with van der Waals surface area (Å²) < 4.78 is 0. The molecule has 2 nitrogen and oxygen atoms in total. The van der Waals surface area contributed by atoms with Crippen LogP contribution in [0.2, 0.25) is 0 Å². The molecule has 0 unspecified atom stereocenters. The number of nitrogens with two attached hydrogens (primary N) is 1. The highest BCUT2D eigenvalue weighted by atomic mass is 32.1. The summed E-state index contributed by atoms with van der Waals surface area (Å²) in [6.07, 6.45) is 7.41. The maximum Gasteiger partial charge on any atom is 0.180 e. The van der Waals surface area contributed by atoms with Crippen molar-refractivity contribution in [3.8, 4) is 0 Å². The van der Waals surface area contributed by atoms with Gasteiger partial charge in [-0.05, 0) is 37.2 Å². The lowest BCUT2D eigenvalue weighted by atomic mass is 9.95. The monoisotopic (exact) mass is 222 g/mol. The maximum absolute atomic E-state index is 5.80. The van der Waals surface area contributed by atoms with E-state index in [4.69, 9.17) is 5.73 Å². The highest BCUT2D eigenvalue weighted by molar-refractivity contribution is 7.16. The molecule has 0 aliphatic heterocycles. The van der Waals surface area contributed by atoms with Crippen LogP contribution >= 0.6 is 11.3 Å². The molecule has 1 aliphatic carbocycles. The van der Waals surface area contributed by atoms with Crippen molar-refractivity contribution in [1.82, 2.24) is 4.98 Å². The van der Waals surface area contributed by atoms with Crippen molar-refractivity contribution in [2.24, 2.45) is 0 Å². The van der Waals surface area contributed by atoms with Crippen molar-refractivity contribution in [3.05, 3.63) is 16.6 Å². The van der Waals surface area contributed by atoms with Crippen LogP contribution in [0.4, 0.5) is 5.13 Å². The van der Waals surface area contributed by atoms with Crippen molar-refractivity contribution >= 4 is 22.0 Å². The molecule has 0 spiro atoms. The summed E-state index contributed by atoms with van der Waals surface area (Å²) in [7, 11) is 0. The summed E-state index contributed by atoms with van der Waals surface area (Å²) in [4.78, 5) is 5.78. The van der Waals surface area contributed by atoms with E-state index in [1.165, 1.54) is 41.8 Å². The highest BCUT2D eigenvalue weighted by Gasteiger charge is 2.17. The van der Waals surface area contributed by atoms with Crippen LogP contribution in [0.1, 0.15) is 56.0 Å². The van der Waals surface area contributed by atoms with Gasteiger partial charge in [-0.2, -0.15) is 0 Å². The second-order valence-corrected chi connectivity index (χ2v) is 5.43. The number of anilines is 1. The molecule has 0 aromatic carbocycles. The molecule has 3 heteroatoms. The second-order valence-electron chi connectivity index (χ2n) is 4.40.